The third-order valence-electron chi connectivity index (χ3n) is 4.43. The predicted molar refractivity (Wildman–Crippen MR) is 99.5 cm³/mol. The number of aromatic nitrogens is 3. The first-order chi connectivity index (χ1) is 13.0. The van der Waals surface area contributed by atoms with Gasteiger partial charge in [0.1, 0.15) is 0 Å². The van der Waals surface area contributed by atoms with Gasteiger partial charge in [-0.25, -0.2) is 9.89 Å². The molecule has 0 aliphatic heterocycles. The fourth-order valence-electron chi connectivity index (χ4n) is 3.07. The van der Waals surface area contributed by atoms with Crippen molar-refractivity contribution in [2.45, 2.75) is 19.4 Å². The van der Waals surface area contributed by atoms with Crippen LogP contribution in [0, 0.1) is 0 Å². The Balaban J connectivity index is 1.54. The van der Waals surface area contributed by atoms with Crippen LogP contribution >= 0.6 is 0 Å². The number of nitrogens with zero attached hydrogens (tertiary/aromatic N) is 1. The van der Waals surface area contributed by atoms with Crippen LogP contribution in [0.3, 0.4) is 0 Å². The number of aromatic amines is 2. The average Bonchev–Trinajstić information content (AvgIpc) is 3.03. The van der Waals surface area contributed by atoms with Crippen molar-refractivity contribution in [2.75, 3.05) is 0 Å². The summed E-state index contributed by atoms with van der Waals surface area (Å²) >= 11 is 0. The summed E-state index contributed by atoms with van der Waals surface area (Å²) in [6, 6.07) is 12.0. The molecule has 136 valence electrons. The van der Waals surface area contributed by atoms with Crippen molar-refractivity contribution < 1.29 is 9.21 Å². The Morgan fingerprint density at radius 1 is 1.19 bits per heavy atom. The number of benzene rings is 2. The Labute approximate surface area is 152 Å². The van der Waals surface area contributed by atoms with Crippen LogP contribution in [-0.2, 0) is 11.2 Å². The van der Waals surface area contributed by atoms with E-state index in [0.29, 0.717) is 27.6 Å². The van der Waals surface area contributed by atoms with Gasteiger partial charge in [-0.05, 0) is 30.7 Å². The van der Waals surface area contributed by atoms with Crippen molar-refractivity contribution in [2.24, 2.45) is 0 Å². The van der Waals surface area contributed by atoms with Crippen LogP contribution in [0.1, 0.15) is 24.2 Å². The number of amides is 1. The highest BCUT2D eigenvalue weighted by atomic mass is 16.4. The molecule has 0 aliphatic rings. The molecular weight excluding hydrogens is 348 g/mol. The third kappa shape index (κ3) is 3.24. The molecular formula is C19H16N4O4. The molecule has 4 rings (SSSR count). The van der Waals surface area contributed by atoms with Crippen LogP contribution in [0.25, 0.3) is 21.9 Å². The molecule has 1 unspecified atom stereocenters. The molecule has 2 aromatic carbocycles. The van der Waals surface area contributed by atoms with E-state index in [1.165, 1.54) is 0 Å². The van der Waals surface area contributed by atoms with E-state index in [1.807, 2.05) is 13.0 Å². The van der Waals surface area contributed by atoms with Gasteiger partial charge in [0.05, 0.1) is 29.1 Å². The second-order valence-electron chi connectivity index (χ2n) is 6.28. The molecule has 0 fully saturated rings. The number of fused-ring (bicyclic) bond motifs is 2. The maximum absolute atomic E-state index is 12.5. The number of rotatable bonds is 4. The minimum Gasteiger partial charge on any atom is -0.408 e. The zero-order valence-corrected chi connectivity index (χ0v) is 14.4. The molecule has 0 saturated heterocycles. The Kier molecular flexibility index (Phi) is 4.08. The number of carbonyl (C=O) groups is 1. The van der Waals surface area contributed by atoms with Gasteiger partial charge >= 0.3 is 5.76 Å². The minimum absolute atomic E-state index is 0.0309. The van der Waals surface area contributed by atoms with E-state index in [4.69, 9.17) is 4.42 Å². The Morgan fingerprint density at radius 3 is 2.78 bits per heavy atom. The normalized spacial score (nSPS) is 12.3. The molecule has 4 aromatic rings. The van der Waals surface area contributed by atoms with E-state index in [9.17, 15) is 14.4 Å². The number of hydrogen-bond donors (Lipinski definition) is 3. The van der Waals surface area contributed by atoms with Crippen LogP contribution in [0.15, 0.2) is 56.5 Å². The molecule has 0 saturated carbocycles. The van der Waals surface area contributed by atoms with Crippen molar-refractivity contribution in [1.29, 1.82) is 0 Å². The summed E-state index contributed by atoms with van der Waals surface area (Å²) in [4.78, 5) is 38.1. The molecule has 0 radical (unpaired) electrons. The molecule has 8 heteroatoms. The molecule has 27 heavy (non-hydrogen) atoms. The van der Waals surface area contributed by atoms with Gasteiger partial charge in [-0.3, -0.25) is 14.6 Å². The number of H-pyrrole nitrogens is 2. The zero-order chi connectivity index (χ0) is 19.0. The lowest BCUT2D eigenvalue weighted by molar-refractivity contribution is -0.121. The van der Waals surface area contributed by atoms with Gasteiger partial charge in [-0.15, -0.1) is 0 Å². The van der Waals surface area contributed by atoms with Crippen LogP contribution in [-0.4, -0.2) is 21.1 Å². The van der Waals surface area contributed by atoms with E-state index < -0.39 is 5.76 Å². The lowest BCUT2D eigenvalue weighted by atomic mass is 10.1. The number of nitrogens with one attached hydrogen (secondary N) is 3. The van der Waals surface area contributed by atoms with E-state index in [0.717, 1.165) is 5.56 Å². The van der Waals surface area contributed by atoms with E-state index in [1.54, 1.807) is 36.4 Å². The molecule has 2 aromatic heterocycles. The second kappa shape index (κ2) is 6.56. The monoisotopic (exact) mass is 364 g/mol. The van der Waals surface area contributed by atoms with Gasteiger partial charge in [0.2, 0.25) is 5.91 Å². The molecule has 2 heterocycles. The summed E-state index contributed by atoms with van der Waals surface area (Å²) in [5, 5.41) is 10.5. The minimum atomic E-state index is -0.519. The zero-order valence-electron chi connectivity index (χ0n) is 14.4. The van der Waals surface area contributed by atoms with E-state index in [2.05, 4.69) is 20.5 Å². The van der Waals surface area contributed by atoms with Gasteiger partial charge in [0.15, 0.2) is 5.58 Å². The topological polar surface area (TPSA) is 121 Å². The fraction of sp³-hybridized carbons (Fsp3) is 0.158. The molecule has 1 atom stereocenters. The average molecular weight is 364 g/mol. The summed E-state index contributed by atoms with van der Waals surface area (Å²) in [5.74, 6) is -0.752. The molecule has 0 bridgehead atoms. The number of oxazole rings is 1. The maximum atomic E-state index is 12.5. The van der Waals surface area contributed by atoms with Crippen molar-refractivity contribution in [1.82, 2.24) is 20.5 Å². The molecule has 3 N–H and O–H groups in total. The third-order valence-corrected chi connectivity index (χ3v) is 4.43. The summed E-state index contributed by atoms with van der Waals surface area (Å²) in [5.41, 5.74) is 2.06. The van der Waals surface area contributed by atoms with Gasteiger partial charge < -0.3 is 9.73 Å². The van der Waals surface area contributed by atoms with Crippen LogP contribution < -0.4 is 16.6 Å². The molecule has 8 nitrogen and oxygen atoms in total. The molecule has 1 amide bonds. The van der Waals surface area contributed by atoms with Crippen LogP contribution in [0.2, 0.25) is 0 Å². The quantitative estimate of drug-likeness (QED) is 0.510. The lowest BCUT2D eigenvalue weighted by Gasteiger charge is -2.14. The molecule has 0 aliphatic carbocycles. The van der Waals surface area contributed by atoms with Crippen molar-refractivity contribution >= 4 is 27.8 Å². The largest absolute Gasteiger partial charge is 0.417 e. The molecule has 0 spiro atoms. The SMILES string of the molecule is CC(NC(=O)Cc1n[nH]c(=O)c2ccccc12)c1ccc2[nH]c(=O)oc2c1. The fourth-order valence-corrected chi connectivity index (χ4v) is 3.07. The smallest absolute Gasteiger partial charge is 0.408 e. The Bertz CT molecular complexity index is 1270. The van der Waals surface area contributed by atoms with Crippen molar-refractivity contribution in [3.8, 4) is 0 Å². The summed E-state index contributed by atoms with van der Waals surface area (Å²) in [6.45, 7) is 1.84. The summed E-state index contributed by atoms with van der Waals surface area (Å²) < 4.78 is 5.05. The number of carbonyl (C=O) groups excluding carboxylic acids is 1. The van der Waals surface area contributed by atoms with E-state index in [-0.39, 0.29) is 23.9 Å². The van der Waals surface area contributed by atoms with Gasteiger partial charge in [0.25, 0.3) is 5.56 Å². The second-order valence-corrected chi connectivity index (χ2v) is 6.28. The standard InChI is InChI=1S/C19H16N4O4/c1-10(11-6-7-14-16(8-11)27-19(26)21-14)20-17(24)9-15-12-4-2-3-5-13(12)18(25)23-22-15/h2-8,10H,9H2,1H3,(H,20,24)(H,21,26)(H,23,25). The van der Waals surface area contributed by atoms with Crippen molar-refractivity contribution in [3.63, 3.8) is 0 Å². The predicted octanol–water partition coefficient (Wildman–Crippen LogP) is 1.78. The Hall–Kier alpha value is -3.68. The highest BCUT2D eigenvalue weighted by Crippen LogP contribution is 2.19. The highest BCUT2D eigenvalue weighted by Gasteiger charge is 2.15. The van der Waals surface area contributed by atoms with Crippen LogP contribution in [0.5, 0.6) is 0 Å². The van der Waals surface area contributed by atoms with Crippen LogP contribution in [0.4, 0.5) is 0 Å². The lowest BCUT2D eigenvalue weighted by Crippen LogP contribution is -2.29. The van der Waals surface area contributed by atoms with Gasteiger partial charge in [-0.2, -0.15) is 5.10 Å². The maximum Gasteiger partial charge on any atom is 0.417 e. The van der Waals surface area contributed by atoms with Crippen molar-refractivity contribution in [3.05, 3.63) is 74.6 Å². The van der Waals surface area contributed by atoms with Gasteiger partial charge in [-0.1, -0.05) is 24.3 Å². The summed E-state index contributed by atoms with van der Waals surface area (Å²) in [6.07, 6.45) is 0.0309. The van der Waals surface area contributed by atoms with E-state index >= 15 is 0 Å². The first kappa shape index (κ1) is 16.8. The summed E-state index contributed by atoms with van der Waals surface area (Å²) in [7, 11) is 0. The Morgan fingerprint density at radius 2 is 1.96 bits per heavy atom. The highest BCUT2D eigenvalue weighted by molar-refractivity contribution is 5.88. The van der Waals surface area contributed by atoms with Gasteiger partial charge in [0, 0.05) is 5.39 Å². The first-order valence-corrected chi connectivity index (χ1v) is 8.40. The first-order valence-electron chi connectivity index (χ1n) is 8.40. The number of hydrogen-bond acceptors (Lipinski definition) is 5.